The van der Waals surface area contributed by atoms with Crippen molar-refractivity contribution in [2.75, 3.05) is 30.9 Å². The van der Waals surface area contributed by atoms with E-state index in [0.29, 0.717) is 4.68 Å². The minimum absolute atomic E-state index is 0.0313. The molecular formula is C18H23F2N5O3. The normalized spacial score (nSPS) is 23.4. The number of halogens is 2. The molecule has 1 aromatic heterocycles. The third-order valence-corrected chi connectivity index (χ3v) is 5.68. The Kier molecular flexibility index (Phi) is 4.33. The second-order valence-corrected chi connectivity index (χ2v) is 7.64. The molecule has 3 atom stereocenters. The maximum atomic E-state index is 15.1. The van der Waals surface area contributed by atoms with E-state index in [0.717, 1.165) is 18.9 Å². The summed E-state index contributed by atoms with van der Waals surface area (Å²) >= 11 is 0. The Morgan fingerprint density at radius 2 is 1.96 bits per heavy atom. The van der Waals surface area contributed by atoms with Gasteiger partial charge in [0.2, 0.25) is 0 Å². The van der Waals surface area contributed by atoms with Gasteiger partial charge in [-0.2, -0.15) is 4.68 Å². The van der Waals surface area contributed by atoms with Crippen molar-refractivity contribution in [3.63, 3.8) is 0 Å². The topological polar surface area (TPSA) is 109 Å². The van der Waals surface area contributed by atoms with Crippen molar-refractivity contribution in [3.05, 3.63) is 32.7 Å². The molecule has 2 aromatic rings. The first-order chi connectivity index (χ1) is 13.3. The van der Waals surface area contributed by atoms with E-state index in [2.05, 4.69) is 0 Å². The van der Waals surface area contributed by atoms with Gasteiger partial charge in [-0.15, -0.1) is 0 Å². The molecular weight excluding hydrogens is 372 g/mol. The molecule has 3 unspecified atom stereocenters. The lowest BCUT2D eigenvalue weighted by Crippen LogP contribution is -2.44. The number of ether oxygens (including phenoxy) is 1. The zero-order valence-electron chi connectivity index (χ0n) is 15.7. The van der Waals surface area contributed by atoms with Crippen molar-refractivity contribution in [2.45, 2.75) is 38.0 Å². The van der Waals surface area contributed by atoms with Gasteiger partial charge < -0.3 is 21.2 Å². The van der Waals surface area contributed by atoms with Gasteiger partial charge in [-0.05, 0) is 25.8 Å². The van der Waals surface area contributed by atoms with Crippen molar-refractivity contribution in [3.8, 4) is 5.75 Å². The highest BCUT2D eigenvalue weighted by atomic mass is 19.1. The number of nitrogen functional groups attached to an aromatic ring is 1. The van der Waals surface area contributed by atoms with E-state index in [1.54, 1.807) is 6.92 Å². The van der Waals surface area contributed by atoms with Gasteiger partial charge in [-0.3, -0.25) is 9.36 Å². The van der Waals surface area contributed by atoms with E-state index in [1.165, 1.54) is 16.6 Å². The van der Waals surface area contributed by atoms with E-state index in [1.807, 2.05) is 0 Å². The molecule has 1 aromatic carbocycles. The van der Waals surface area contributed by atoms with Crippen molar-refractivity contribution in [2.24, 2.45) is 11.7 Å². The van der Waals surface area contributed by atoms with Crippen molar-refractivity contribution in [1.82, 2.24) is 9.24 Å². The van der Waals surface area contributed by atoms with E-state index in [9.17, 15) is 14.0 Å². The predicted octanol–water partition coefficient (Wildman–Crippen LogP) is 0.481. The molecule has 1 aliphatic heterocycles. The van der Waals surface area contributed by atoms with Crippen molar-refractivity contribution < 1.29 is 13.5 Å². The lowest BCUT2D eigenvalue weighted by Gasteiger charge is -2.24. The number of nitrogens with zero attached hydrogens (tertiary/aromatic N) is 3. The average molecular weight is 395 g/mol. The Bertz CT molecular complexity index is 1060. The Balaban J connectivity index is 2.00. The number of rotatable bonds is 4. The van der Waals surface area contributed by atoms with Gasteiger partial charge in [0.25, 0.3) is 5.56 Å². The number of aromatic nitrogens is 2. The number of benzene rings is 1. The van der Waals surface area contributed by atoms with Gasteiger partial charge >= 0.3 is 5.69 Å². The van der Waals surface area contributed by atoms with Crippen LogP contribution in [0.1, 0.15) is 25.8 Å². The van der Waals surface area contributed by atoms with Crippen molar-refractivity contribution in [1.29, 1.82) is 0 Å². The van der Waals surface area contributed by atoms with Crippen LogP contribution in [0.2, 0.25) is 0 Å². The standard InChI is InChI=1S/C18H23F2N5O3/c1-8(21)11-6-23(7-13(11)20)15-12(19)5-10-14(16(15)28-2)24(9-3-4-9)18(27)25(22)17(10)26/h5,8-9,11,13H,3-4,6-7,21-22H2,1-2H3. The number of methoxy groups -OCH3 is 1. The molecule has 4 N–H and O–H groups in total. The summed E-state index contributed by atoms with van der Waals surface area (Å²) in [6, 6.07) is 0.509. The van der Waals surface area contributed by atoms with Crippen LogP contribution in [0.4, 0.5) is 14.5 Å². The molecule has 1 aliphatic carbocycles. The first-order valence-corrected chi connectivity index (χ1v) is 9.23. The first kappa shape index (κ1) is 18.7. The summed E-state index contributed by atoms with van der Waals surface area (Å²) in [6.45, 7) is 1.87. The molecule has 0 spiro atoms. The third kappa shape index (κ3) is 2.66. The molecule has 8 nitrogen and oxygen atoms in total. The SMILES string of the molecule is COc1c(N2CC(F)C(C(C)N)C2)c(F)cc2c(=O)n(N)c(=O)n(C3CC3)c12. The molecule has 28 heavy (non-hydrogen) atoms. The van der Waals surface area contributed by atoms with Gasteiger partial charge in [0, 0.05) is 31.1 Å². The third-order valence-electron chi connectivity index (χ3n) is 5.68. The molecule has 1 saturated heterocycles. The average Bonchev–Trinajstić information content (AvgIpc) is 3.40. The molecule has 1 saturated carbocycles. The van der Waals surface area contributed by atoms with Crippen LogP contribution in [0.15, 0.2) is 15.7 Å². The zero-order chi connectivity index (χ0) is 20.3. The van der Waals surface area contributed by atoms with Crippen LogP contribution in [0.5, 0.6) is 5.75 Å². The number of alkyl halides is 1. The Morgan fingerprint density at radius 1 is 1.29 bits per heavy atom. The summed E-state index contributed by atoms with van der Waals surface area (Å²) in [4.78, 5) is 26.7. The van der Waals surface area contributed by atoms with E-state index >= 15 is 4.39 Å². The Labute approximate surface area is 159 Å². The van der Waals surface area contributed by atoms with Crippen LogP contribution in [0, 0.1) is 11.7 Å². The van der Waals surface area contributed by atoms with E-state index < -0.39 is 35.2 Å². The second-order valence-electron chi connectivity index (χ2n) is 7.64. The predicted molar refractivity (Wildman–Crippen MR) is 102 cm³/mol. The molecule has 152 valence electrons. The lowest BCUT2D eigenvalue weighted by atomic mass is 10.0. The summed E-state index contributed by atoms with van der Waals surface area (Å²) in [7, 11) is 1.33. The van der Waals surface area contributed by atoms with Gasteiger partial charge in [-0.1, -0.05) is 0 Å². The fourth-order valence-electron chi connectivity index (χ4n) is 4.06. The second kappa shape index (κ2) is 6.47. The fourth-order valence-corrected chi connectivity index (χ4v) is 4.06. The number of hydrogen-bond acceptors (Lipinski definition) is 6. The summed E-state index contributed by atoms with van der Waals surface area (Å²) in [5.41, 5.74) is 4.59. The maximum absolute atomic E-state index is 15.1. The highest BCUT2D eigenvalue weighted by molar-refractivity contribution is 5.91. The highest BCUT2D eigenvalue weighted by Crippen LogP contribution is 2.43. The zero-order valence-corrected chi connectivity index (χ0v) is 15.7. The number of nitrogens with two attached hydrogens (primary N) is 2. The first-order valence-electron chi connectivity index (χ1n) is 9.23. The monoisotopic (exact) mass is 395 g/mol. The molecule has 0 amide bonds. The Hall–Kier alpha value is -2.62. The minimum atomic E-state index is -1.22. The molecule has 2 aliphatic rings. The molecule has 4 rings (SSSR count). The highest BCUT2D eigenvalue weighted by Gasteiger charge is 2.39. The van der Waals surface area contributed by atoms with Gasteiger partial charge in [0.05, 0.1) is 12.5 Å². The van der Waals surface area contributed by atoms with E-state index in [-0.39, 0.29) is 41.5 Å². The van der Waals surface area contributed by atoms with Crippen LogP contribution in [0.25, 0.3) is 10.9 Å². The van der Waals surface area contributed by atoms with Gasteiger partial charge in [0.15, 0.2) is 11.6 Å². The minimum Gasteiger partial charge on any atom is -0.492 e. The quantitative estimate of drug-likeness (QED) is 0.729. The molecule has 2 fully saturated rings. The molecule has 0 radical (unpaired) electrons. The van der Waals surface area contributed by atoms with Crippen LogP contribution in [0.3, 0.4) is 0 Å². The van der Waals surface area contributed by atoms with Gasteiger partial charge in [-0.25, -0.2) is 13.6 Å². The van der Waals surface area contributed by atoms with Crippen LogP contribution in [-0.4, -0.2) is 41.7 Å². The molecule has 2 heterocycles. The summed E-state index contributed by atoms with van der Waals surface area (Å²) in [6.07, 6.45) is 0.264. The summed E-state index contributed by atoms with van der Waals surface area (Å²) in [5, 5.41) is -0.0492. The maximum Gasteiger partial charge on any atom is 0.350 e. The molecule has 0 bridgehead atoms. The van der Waals surface area contributed by atoms with Crippen molar-refractivity contribution >= 4 is 16.6 Å². The van der Waals surface area contributed by atoms with E-state index in [4.69, 9.17) is 16.3 Å². The number of fused-ring (bicyclic) bond motifs is 1. The lowest BCUT2D eigenvalue weighted by molar-refractivity contribution is 0.259. The Morgan fingerprint density at radius 3 is 2.50 bits per heavy atom. The van der Waals surface area contributed by atoms with Crippen LogP contribution >= 0.6 is 0 Å². The number of anilines is 1. The summed E-state index contributed by atoms with van der Waals surface area (Å²) < 4.78 is 36.9. The fraction of sp³-hybridized carbons (Fsp3) is 0.556. The molecule has 10 heteroatoms. The summed E-state index contributed by atoms with van der Waals surface area (Å²) in [5.74, 6) is 4.46. The van der Waals surface area contributed by atoms with Crippen LogP contribution < -0.4 is 32.5 Å². The number of hydrogen-bond donors (Lipinski definition) is 2. The largest absolute Gasteiger partial charge is 0.492 e. The van der Waals surface area contributed by atoms with Crippen LogP contribution in [-0.2, 0) is 0 Å². The smallest absolute Gasteiger partial charge is 0.350 e. The van der Waals surface area contributed by atoms with Gasteiger partial charge in [0.1, 0.15) is 17.4 Å².